The Balaban J connectivity index is 1.49. The minimum Gasteiger partial charge on any atom is -0.490 e. The Hall–Kier alpha value is -2.21. The third-order valence-corrected chi connectivity index (χ3v) is 4.51. The highest BCUT2D eigenvalue weighted by molar-refractivity contribution is 5.23. The summed E-state index contributed by atoms with van der Waals surface area (Å²) in [5, 5.41) is 0. The van der Waals surface area contributed by atoms with E-state index in [9.17, 15) is 4.39 Å². The lowest BCUT2D eigenvalue weighted by Gasteiger charge is -2.31. The second-order valence-corrected chi connectivity index (χ2v) is 6.43. The molecule has 1 fully saturated rings. The molecule has 0 saturated carbocycles. The van der Waals surface area contributed by atoms with E-state index < -0.39 is 0 Å². The summed E-state index contributed by atoms with van der Waals surface area (Å²) in [5.74, 6) is 1.08. The molecule has 134 valence electrons. The van der Waals surface area contributed by atoms with E-state index in [1.165, 1.54) is 6.07 Å². The number of piperidine rings is 1. The van der Waals surface area contributed by atoms with Crippen molar-refractivity contribution in [3.8, 4) is 11.6 Å². The summed E-state index contributed by atoms with van der Waals surface area (Å²) >= 11 is 0. The van der Waals surface area contributed by atoms with Crippen LogP contribution in [-0.2, 0) is 6.54 Å². The summed E-state index contributed by atoms with van der Waals surface area (Å²) in [5.41, 5.74) is 1.77. The minimum atomic E-state index is -0.301. The van der Waals surface area contributed by atoms with E-state index in [1.807, 2.05) is 6.92 Å². The smallest absolute Gasteiger partial charge is 0.236 e. The Kier molecular flexibility index (Phi) is 5.81. The van der Waals surface area contributed by atoms with Gasteiger partial charge in [-0.25, -0.2) is 14.4 Å². The van der Waals surface area contributed by atoms with Gasteiger partial charge in [0.05, 0.1) is 25.6 Å². The minimum absolute atomic E-state index is 0.301. The molecule has 1 saturated heterocycles. The summed E-state index contributed by atoms with van der Waals surface area (Å²) in [7, 11) is 1.62. The summed E-state index contributed by atoms with van der Waals surface area (Å²) < 4.78 is 24.5. The molecule has 0 amide bonds. The maximum absolute atomic E-state index is 13.6. The molecule has 6 heteroatoms. The number of rotatable bonds is 6. The number of benzene rings is 1. The molecule has 0 radical (unpaired) electrons. The first-order valence-corrected chi connectivity index (χ1v) is 8.62. The molecule has 1 aromatic heterocycles. The first kappa shape index (κ1) is 17.6. The lowest BCUT2D eigenvalue weighted by molar-refractivity contribution is 0.132. The lowest BCUT2D eigenvalue weighted by atomic mass is 9.97. The van der Waals surface area contributed by atoms with Crippen molar-refractivity contribution in [2.75, 3.05) is 26.8 Å². The molecule has 0 N–H and O–H groups in total. The Morgan fingerprint density at radius 2 is 2.00 bits per heavy atom. The second kappa shape index (κ2) is 8.25. The Labute approximate surface area is 147 Å². The van der Waals surface area contributed by atoms with Crippen LogP contribution in [0.2, 0.25) is 0 Å². The number of nitrogens with zero attached hydrogens (tertiary/aromatic N) is 3. The molecule has 0 unspecified atom stereocenters. The van der Waals surface area contributed by atoms with Crippen LogP contribution >= 0.6 is 0 Å². The highest BCUT2D eigenvalue weighted by Gasteiger charge is 2.22. The number of methoxy groups -OCH3 is 1. The third-order valence-electron chi connectivity index (χ3n) is 4.51. The summed E-state index contributed by atoms with van der Waals surface area (Å²) in [4.78, 5) is 11.2. The van der Waals surface area contributed by atoms with Crippen molar-refractivity contribution >= 4 is 0 Å². The van der Waals surface area contributed by atoms with Gasteiger partial charge in [-0.2, -0.15) is 0 Å². The van der Waals surface area contributed by atoms with E-state index in [0.717, 1.165) is 43.9 Å². The molecule has 0 atom stereocenters. The van der Waals surface area contributed by atoms with Crippen molar-refractivity contribution in [3.63, 3.8) is 0 Å². The van der Waals surface area contributed by atoms with E-state index >= 15 is 0 Å². The molecule has 1 aliphatic heterocycles. The fourth-order valence-corrected chi connectivity index (χ4v) is 3.08. The van der Waals surface area contributed by atoms with Crippen LogP contribution in [0.15, 0.2) is 30.5 Å². The monoisotopic (exact) mass is 345 g/mol. The van der Waals surface area contributed by atoms with Crippen molar-refractivity contribution in [2.24, 2.45) is 5.92 Å². The normalized spacial score (nSPS) is 16.0. The van der Waals surface area contributed by atoms with Crippen LogP contribution in [0.4, 0.5) is 4.39 Å². The molecule has 2 aromatic rings. The van der Waals surface area contributed by atoms with E-state index in [0.29, 0.717) is 24.2 Å². The van der Waals surface area contributed by atoms with Gasteiger partial charge in [-0.1, -0.05) is 12.1 Å². The van der Waals surface area contributed by atoms with Gasteiger partial charge in [0.2, 0.25) is 5.88 Å². The number of hydrogen-bond donors (Lipinski definition) is 0. The van der Waals surface area contributed by atoms with Gasteiger partial charge in [0.15, 0.2) is 11.6 Å². The quantitative estimate of drug-likeness (QED) is 0.804. The maximum Gasteiger partial charge on any atom is 0.236 e. The topological polar surface area (TPSA) is 47.5 Å². The lowest BCUT2D eigenvalue weighted by Crippen LogP contribution is -2.35. The zero-order valence-corrected chi connectivity index (χ0v) is 14.7. The van der Waals surface area contributed by atoms with Gasteiger partial charge in [0.1, 0.15) is 5.69 Å². The number of likely N-dealkylation sites (tertiary alicyclic amines) is 1. The van der Waals surface area contributed by atoms with Crippen molar-refractivity contribution in [3.05, 3.63) is 47.7 Å². The molecule has 3 rings (SSSR count). The van der Waals surface area contributed by atoms with Crippen LogP contribution in [-0.4, -0.2) is 41.7 Å². The van der Waals surface area contributed by atoms with E-state index in [1.54, 1.807) is 31.5 Å². The third kappa shape index (κ3) is 4.66. The van der Waals surface area contributed by atoms with Gasteiger partial charge in [0, 0.05) is 6.54 Å². The van der Waals surface area contributed by atoms with Crippen molar-refractivity contribution in [1.82, 2.24) is 14.9 Å². The molecule has 25 heavy (non-hydrogen) atoms. The summed E-state index contributed by atoms with van der Waals surface area (Å²) in [6.07, 6.45) is 3.76. The molecular formula is C19H24FN3O2. The SMILES string of the molecule is COc1ncc(C)nc1CN1CCC(COc2ccccc2F)CC1. The van der Waals surface area contributed by atoms with Gasteiger partial charge in [0.25, 0.3) is 0 Å². The molecule has 0 bridgehead atoms. The Bertz CT molecular complexity index is 703. The maximum atomic E-state index is 13.6. The first-order chi connectivity index (χ1) is 12.2. The van der Waals surface area contributed by atoms with Gasteiger partial charge in [-0.3, -0.25) is 4.90 Å². The summed E-state index contributed by atoms with van der Waals surface area (Å²) in [6.45, 7) is 5.15. The molecule has 0 spiro atoms. The van der Waals surface area contributed by atoms with Crippen LogP contribution in [0.5, 0.6) is 11.6 Å². The van der Waals surface area contributed by atoms with E-state index in [4.69, 9.17) is 9.47 Å². The molecule has 0 aliphatic carbocycles. The average molecular weight is 345 g/mol. The number of aryl methyl sites for hydroxylation is 1. The van der Waals surface area contributed by atoms with E-state index in [-0.39, 0.29) is 5.82 Å². The van der Waals surface area contributed by atoms with Gasteiger partial charge >= 0.3 is 0 Å². The molecule has 2 heterocycles. The van der Waals surface area contributed by atoms with Crippen molar-refractivity contribution in [2.45, 2.75) is 26.3 Å². The largest absolute Gasteiger partial charge is 0.490 e. The molecule has 5 nitrogen and oxygen atoms in total. The number of hydrogen-bond acceptors (Lipinski definition) is 5. The Morgan fingerprint density at radius 3 is 2.72 bits per heavy atom. The number of halogens is 1. The Morgan fingerprint density at radius 1 is 1.24 bits per heavy atom. The zero-order valence-electron chi connectivity index (χ0n) is 14.7. The number of ether oxygens (including phenoxy) is 2. The van der Waals surface area contributed by atoms with Gasteiger partial charge < -0.3 is 9.47 Å². The predicted octanol–water partition coefficient (Wildman–Crippen LogP) is 3.22. The zero-order chi connectivity index (χ0) is 17.6. The fraction of sp³-hybridized carbons (Fsp3) is 0.474. The van der Waals surface area contributed by atoms with Crippen LogP contribution in [0.3, 0.4) is 0 Å². The van der Waals surface area contributed by atoms with Crippen LogP contribution < -0.4 is 9.47 Å². The molecular weight excluding hydrogens is 321 g/mol. The summed E-state index contributed by atoms with van der Waals surface area (Å²) in [6, 6.07) is 6.56. The number of para-hydroxylation sites is 1. The highest BCUT2D eigenvalue weighted by Crippen LogP contribution is 2.23. The van der Waals surface area contributed by atoms with Crippen LogP contribution in [0.1, 0.15) is 24.2 Å². The highest BCUT2D eigenvalue weighted by atomic mass is 19.1. The fourth-order valence-electron chi connectivity index (χ4n) is 3.08. The first-order valence-electron chi connectivity index (χ1n) is 8.62. The molecule has 1 aromatic carbocycles. The number of aromatic nitrogens is 2. The predicted molar refractivity (Wildman–Crippen MR) is 93.2 cm³/mol. The van der Waals surface area contributed by atoms with Crippen molar-refractivity contribution in [1.29, 1.82) is 0 Å². The molecule has 1 aliphatic rings. The van der Waals surface area contributed by atoms with Gasteiger partial charge in [-0.15, -0.1) is 0 Å². The second-order valence-electron chi connectivity index (χ2n) is 6.43. The van der Waals surface area contributed by atoms with E-state index in [2.05, 4.69) is 14.9 Å². The standard InChI is InChI=1S/C19H24FN3O2/c1-14-11-21-19(24-2)17(22-14)12-23-9-7-15(8-10-23)13-25-18-6-4-3-5-16(18)20/h3-6,11,15H,7-10,12-13H2,1-2H3. The van der Waals surface area contributed by atoms with Crippen LogP contribution in [0, 0.1) is 18.7 Å². The average Bonchev–Trinajstić information content (AvgIpc) is 2.62. The van der Waals surface area contributed by atoms with Crippen molar-refractivity contribution < 1.29 is 13.9 Å². The van der Waals surface area contributed by atoms with Gasteiger partial charge in [-0.05, 0) is 50.9 Å². The van der Waals surface area contributed by atoms with Crippen LogP contribution in [0.25, 0.3) is 0 Å².